The van der Waals surface area contributed by atoms with Gasteiger partial charge in [0, 0.05) is 25.0 Å². The molecule has 2 heterocycles. The van der Waals surface area contributed by atoms with Crippen molar-refractivity contribution in [1.82, 2.24) is 10.3 Å². The summed E-state index contributed by atoms with van der Waals surface area (Å²) in [6.07, 6.45) is 3.38. The summed E-state index contributed by atoms with van der Waals surface area (Å²) in [6, 6.07) is 20.0. The molecule has 28 heavy (non-hydrogen) atoms. The first-order chi connectivity index (χ1) is 13.8. The number of rotatable bonds is 6. The number of methoxy groups -OCH3 is 1. The van der Waals surface area contributed by atoms with Crippen LogP contribution in [0.15, 0.2) is 66.9 Å². The van der Waals surface area contributed by atoms with Gasteiger partial charge in [0.1, 0.15) is 11.6 Å². The number of nitrogens with one attached hydrogen (secondary N) is 1. The van der Waals surface area contributed by atoms with E-state index in [4.69, 9.17) is 4.74 Å². The third-order valence-corrected chi connectivity index (χ3v) is 5.05. The molecule has 1 amide bonds. The van der Waals surface area contributed by atoms with E-state index in [1.165, 1.54) is 11.3 Å². The summed E-state index contributed by atoms with van der Waals surface area (Å²) in [5.41, 5.74) is 4.18. The second-order valence-corrected chi connectivity index (χ2v) is 6.75. The SMILES string of the molecule is COc1ccccc1CCNC(=O)c1ccc(N2CCc3ccccc32)nc1. The highest BCUT2D eigenvalue weighted by atomic mass is 16.5. The van der Waals surface area contributed by atoms with Crippen LogP contribution in [0.25, 0.3) is 0 Å². The van der Waals surface area contributed by atoms with Crippen molar-refractivity contribution in [2.75, 3.05) is 25.1 Å². The van der Waals surface area contributed by atoms with Gasteiger partial charge in [-0.2, -0.15) is 0 Å². The van der Waals surface area contributed by atoms with Gasteiger partial charge in [-0.15, -0.1) is 0 Å². The van der Waals surface area contributed by atoms with E-state index in [0.717, 1.165) is 30.1 Å². The van der Waals surface area contributed by atoms with Crippen LogP contribution in [-0.4, -0.2) is 31.1 Å². The molecule has 0 unspecified atom stereocenters. The monoisotopic (exact) mass is 373 g/mol. The fourth-order valence-corrected chi connectivity index (χ4v) is 3.58. The van der Waals surface area contributed by atoms with Crippen LogP contribution in [0.4, 0.5) is 11.5 Å². The van der Waals surface area contributed by atoms with E-state index in [-0.39, 0.29) is 5.91 Å². The molecule has 0 fully saturated rings. The highest BCUT2D eigenvalue weighted by molar-refractivity contribution is 5.94. The van der Waals surface area contributed by atoms with Gasteiger partial charge in [-0.25, -0.2) is 4.98 Å². The third kappa shape index (κ3) is 3.69. The average molecular weight is 373 g/mol. The van der Waals surface area contributed by atoms with Crippen molar-refractivity contribution in [2.45, 2.75) is 12.8 Å². The van der Waals surface area contributed by atoms with Gasteiger partial charge in [-0.3, -0.25) is 4.79 Å². The van der Waals surface area contributed by atoms with Crippen LogP contribution >= 0.6 is 0 Å². The van der Waals surface area contributed by atoms with Gasteiger partial charge in [-0.1, -0.05) is 36.4 Å². The summed E-state index contributed by atoms with van der Waals surface area (Å²) >= 11 is 0. The lowest BCUT2D eigenvalue weighted by atomic mass is 10.1. The zero-order chi connectivity index (χ0) is 19.3. The quantitative estimate of drug-likeness (QED) is 0.715. The number of nitrogens with zero attached hydrogens (tertiary/aromatic N) is 2. The summed E-state index contributed by atoms with van der Waals surface area (Å²) in [7, 11) is 1.66. The first kappa shape index (κ1) is 18.0. The standard InChI is InChI=1S/C23H23N3O2/c1-28-21-9-5-3-7-18(21)12-14-24-23(27)19-10-11-22(25-16-19)26-15-13-17-6-2-4-8-20(17)26/h2-11,16H,12-15H2,1H3,(H,24,27). The van der Waals surface area contributed by atoms with Gasteiger partial charge in [0.2, 0.25) is 0 Å². The van der Waals surface area contributed by atoms with Gasteiger partial charge in [0.05, 0.1) is 12.7 Å². The topological polar surface area (TPSA) is 54.5 Å². The summed E-state index contributed by atoms with van der Waals surface area (Å²) in [5, 5.41) is 2.96. The van der Waals surface area contributed by atoms with Gasteiger partial charge < -0.3 is 15.0 Å². The molecule has 0 saturated heterocycles. The summed E-state index contributed by atoms with van der Waals surface area (Å²) in [6.45, 7) is 1.46. The fraction of sp³-hybridized carbons (Fsp3) is 0.217. The van der Waals surface area contributed by atoms with E-state index in [1.54, 1.807) is 13.3 Å². The van der Waals surface area contributed by atoms with E-state index in [1.807, 2.05) is 42.5 Å². The van der Waals surface area contributed by atoms with Crippen LogP contribution in [0.1, 0.15) is 21.5 Å². The molecule has 0 radical (unpaired) electrons. The highest BCUT2D eigenvalue weighted by Crippen LogP contribution is 2.32. The molecular weight excluding hydrogens is 350 g/mol. The summed E-state index contributed by atoms with van der Waals surface area (Å²) in [5.74, 6) is 1.60. The van der Waals surface area contributed by atoms with E-state index >= 15 is 0 Å². The number of benzene rings is 2. The van der Waals surface area contributed by atoms with Crippen LogP contribution in [0.3, 0.4) is 0 Å². The van der Waals surface area contributed by atoms with Gasteiger partial charge in [0.25, 0.3) is 5.91 Å². The molecule has 5 heteroatoms. The Morgan fingerprint density at radius 3 is 2.75 bits per heavy atom. The molecule has 1 N–H and O–H groups in total. The van der Waals surface area contributed by atoms with Crippen molar-refractivity contribution >= 4 is 17.4 Å². The van der Waals surface area contributed by atoms with E-state index in [9.17, 15) is 4.79 Å². The van der Waals surface area contributed by atoms with Gasteiger partial charge in [-0.05, 0) is 48.2 Å². The Labute approximate surface area is 165 Å². The van der Waals surface area contributed by atoms with E-state index in [2.05, 4.69) is 33.4 Å². The minimum absolute atomic E-state index is 0.115. The molecule has 4 rings (SSSR count). The van der Waals surface area contributed by atoms with Gasteiger partial charge >= 0.3 is 0 Å². The van der Waals surface area contributed by atoms with Gasteiger partial charge in [0.15, 0.2) is 0 Å². The Hall–Kier alpha value is -3.34. The number of aromatic nitrogens is 1. The van der Waals surface area contributed by atoms with Crippen molar-refractivity contribution in [3.63, 3.8) is 0 Å². The van der Waals surface area contributed by atoms with Crippen molar-refractivity contribution < 1.29 is 9.53 Å². The number of hydrogen-bond donors (Lipinski definition) is 1. The van der Waals surface area contributed by atoms with Crippen LogP contribution in [0, 0.1) is 0 Å². The predicted octanol–water partition coefficient (Wildman–Crippen LogP) is 3.76. The zero-order valence-electron chi connectivity index (χ0n) is 15.9. The molecule has 1 aliphatic rings. The van der Waals surface area contributed by atoms with Crippen LogP contribution in [0.2, 0.25) is 0 Å². The van der Waals surface area contributed by atoms with Crippen molar-refractivity contribution in [3.8, 4) is 5.75 Å². The van der Waals surface area contributed by atoms with Crippen molar-refractivity contribution in [1.29, 1.82) is 0 Å². The normalized spacial score (nSPS) is 12.5. The molecule has 0 aliphatic carbocycles. The van der Waals surface area contributed by atoms with Crippen molar-refractivity contribution in [2.24, 2.45) is 0 Å². The maximum absolute atomic E-state index is 12.4. The number of carbonyl (C=O) groups excluding carboxylic acids is 1. The first-order valence-electron chi connectivity index (χ1n) is 9.48. The van der Waals surface area contributed by atoms with E-state index < -0.39 is 0 Å². The number of hydrogen-bond acceptors (Lipinski definition) is 4. The molecule has 0 bridgehead atoms. The molecule has 1 aliphatic heterocycles. The maximum Gasteiger partial charge on any atom is 0.252 e. The Balaban J connectivity index is 1.37. The van der Waals surface area contributed by atoms with E-state index in [0.29, 0.717) is 18.5 Å². The number of ether oxygens (including phenoxy) is 1. The average Bonchev–Trinajstić information content (AvgIpc) is 3.18. The Bertz CT molecular complexity index is 970. The third-order valence-electron chi connectivity index (χ3n) is 5.05. The minimum atomic E-state index is -0.115. The Morgan fingerprint density at radius 2 is 1.93 bits per heavy atom. The molecule has 2 aromatic carbocycles. The smallest absolute Gasteiger partial charge is 0.252 e. The number of para-hydroxylation sites is 2. The molecule has 142 valence electrons. The lowest BCUT2D eigenvalue weighted by Gasteiger charge is -2.18. The number of pyridine rings is 1. The molecule has 1 aromatic heterocycles. The van der Waals surface area contributed by atoms with Crippen LogP contribution in [-0.2, 0) is 12.8 Å². The molecule has 0 atom stereocenters. The summed E-state index contributed by atoms with van der Waals surface area (Å²) < 4.78 is 5.35. The second kappa shape index (κ2) is 8.13. The molecule has 3 aromatic rings. The minimum Gasteiger partial charge on any atom is -0.496 e. The largest absolute Gasteiger partial charge is 0.496 e. The van der Waals surface area contributed by atoms with Crippen molar-refractivity contribution in [3.05, 3.63) is 83.6 Å². The van der Waals surface area contributed by atoms with Crippen LogP contribution < -0.4 is 15.0 Å². The molecule has 0 saturated carbocycles. The Morgan fingerprint density at radius 1 is 1.11 bits per heavy atom. The number of fused-ring (bicyclic) bond motifs is 1. The number of amides is 1. The lowest BCUT2D eigenvalue weighted by Crippen LogP contribution is -2.26. The maximum atomic E-state index is 12.4. The molecular formula is C23H23N3O2. The summed E-state index contributed by atoms with van der Waals surface area (Å²) in [4.78, 5) is 19.1. The molecule has 5 nitrogen and oxygen atoms in total. The molecule has 0 spiro atoms. The second-order valence-electron chi connectivity index (χ2n) is 6.75. The fourth-order valence-electron chi connectivity index (χ4n) is 3.58. The zero-order valence-corrected chi connectivity index (χ0v) is 15.9. The Kier molecular flexibility index (Phi) is 5.24. The first-order valence-corrected chi connectivity index (χ1v) is 9.48. The number of carbonyl (C=O) groups is 1. The lowest BCUT2D eigenvalue weighted by molar-refractivity contribution is 0.0953. The number of anilines is 2. The predicted molar refractivity (Wildman–Crippen MR) is 110 cm³/mol. The highest BCUT2D eigenvalue weighted by Gasteiger charge is 2.20. The van der Waals surface area contributed by atoms with Crippen LogP contribution in [0.5, 0.6) is 5.75 Å².